The monoisotopic (exact) mass is 325 g/mol. The summed E-state index contributed by atoms with van der Waals surface area (Å²) in [5.74, 6) is 1.49. The van der Waals surface area contributed by atoms with E-state index in [1.807, 2.05) is 17.5 Å². The van der Waals surface area contributed by atoms with Gasteiger partial charge in [-0.25, -0.2) is 8.42 Å². The number of aromatic nitrogens is 2. The largest absolute Gasteiger partial charge is 0.333 e. The highest BCUT2D eigenvalue weighted by atomic mass is 32.2. The van der Waals surface area contributed by atoms with Crippen LogP contribution in [-0.2, 0) is 16.6 Å². The summed E-state index contributed by atoms with van der Waals surface area (Å²) in [5, 5.41) is 5.87. The molecular formula is C13H15N3O3S2. The van der Waals surface area contributed by atoms with Crippen molar-refractivity contribution in [1.82, 2.24) is 14.4 Å². The first-order chi connectivity index (χ1) is 10.1. The van der Waals surface area contributed by atoms with Crippen LogP contribution in [0.1, 0.15) is 25.1 Å². The second-order valence-electron chi connectivity index (χ2n) is 5.65. The first-order valence-corrected chi connectivity index (χ1v) is 9.47. The molecule has 112 valence electrons. The van der Waals surface area contributed by atoms with Gasteiger partial charge in [-0.15, -0.1) is 11.3 Å². The number of thiophene rings is 1. The maximum Gasteiger partial charge on any atom is 0.268 e. The van der Waals surface area contributed by atoms with Crippen molar-refractivity contribution < 1.29 is 12.9 Å². The topological polar surface area (TPSA) is 76.3 Å². The highest BCUT2D eigenvalue weighted by Crippen LogP contribution is 2.38. The molecule has 1 saturated heterocycles. The quantitative estimate of drug-likeness (QED) is 0.864. The smallest absolute Gasteiger partial charge is 0.268 e. The molecule has 2 atom stereocenters. The van der Waals surface area contributed by atoms with Gasteiger partial charge in [0.25, 0.3) is 5.89 Å². The van der Waals surface area contributed by atoms with Gasteiger partial charge in [-0.3, -0.25) is 0 Å². The maximum atomic E-state index is 12.3. The minimum atomic E-state index is -3.19. The zero-order chi connectivity index (χ0) is 14.4. The lowest BCUT2D eigenvalue weighted by atomic mass is 10.1. The van der Waals surface area contributed by atoms with Crippen LogP contribution < -0.4 is 0 Å². The Labute approximate surface area is 126 Å². The van der Waals surface area contributed by atoms with Gasteiger partial charge >= 0.3 is 0 Å². The standard InChI is InChI=1S/C13H15N3O3S2/c17-21(18)8-9-3-4-10(6-9)16(21)7-12-14-13(19-15-12)11-2-1-5-20-11/h1-2,5,9-10H,3-4,6-8H2/t9-,10+/m1/s1. The summed E-state index contributed by atoms with van der Waals surface area (Å²) in [4.78, 5) is 5.22. The van der Waals surface area contributed by atoms with Crippen LogP contribution in [0.5, 0.6) is 0 Å². The van der Waals surface area contributed by atoms with Gasteiger partial charge in [0, 0.05) is 6.04 Å². The van der Waals surface area contributed by atoms with E-state index in [1.165, 1.54) is 11.3 Å². The van der Waals surface area contributed by atoms with E-state index in [-0.39, 0.29) is 18.3 Å². The highest BCUT2D eigenvalue weighted by Gasteiger charge is 2.43. The van der Waals surface area contributed by atoms with E-state index in [1.54, 1.807) is 4.31 Å². The van der Waals surface area contributed by atoms with E-state index in [9.17, 15) is 8.42 Å². The lowest BCUT2D eigenvalue weighted by Gasteiger charge is -2.31. The average molecular weight is 325 g/mol. The first-order valence-electron chi connectivity index (χ1n) is 6.98. The number of nitrogens with zero attached hydrogens (tertiary/aromatic N) is 3. The van der Waals surface area contributed by atoms with E-state index in [0.29, 0.717) is 17.6 Å². The van der Waals surface area contributed by atoms with Gasteiger partial charge in [0.1, 0.15) is 0 Å². The molecule has 0 unspecified atom stereocenters. The molecule has 2 bridgehead atoms. The van der Waals surface area contributed by atoms with Gasteiger partial charge in [-0.05, 0) is 36.6 Å². The molecule has 8 heteroatoms. The molecule has 0 N–H and O–H groups in total. The molecule has 2 aliphatic rings. The summed E-state index contributed by atoms with van der Waals surface area (Å²) in [6.45, 7) is 0.217. The van der Waals surface area contributed by atoms with Crippen molar-refractivity contribution in [3.05, 3.63) is 23.3 Å². The number of hydrogen-bond donors (Lipinski definition) is 0. The van der Waals surface area contributed by atoms with E-state index in [2.05, 4.69) is 10.1 Å². The fraction of sp³-hybridized carbons (Fsp3) is 0.538. The molecule has 6 nitrogen and oxygen atoms in total. The zero-order valence-corrected chi connectivity index (χ0v) is 12.9. The van der Waals surface area contributed by atoms with Crippen LogP contribution in [-0.4, -0.2) is 34.7 Å². The Hall–Kier alpha value is -1.25. The van der Waals surface area contributed by atoms with Crippen molar-refractivity contribution in [2.75, 3.05) is 5.75 Å². The fourth-order valence-electron chi connectivity index (χ4n) is 3.27. The number of sulfonamides is 1. The minimum absolute atomic E-state index is 0.109. The molecular weight excluding hydrogens is 310 g/mol. The van der Waals surface area contributed by atoms with Crippen molar-refractivity contribution in [1.29, 1.82) is 0 Å². The molecule has 3 heterocycles. The van der Waals surface area contributed by atoms with Crippen LogP contribution in [0.4, 0.5) is 0 Å². The summed E-state index contributed by atoms with van der Waals surface area (Å²) in [6.07, 6.45) is 2.92. The molecule has 1 saturated carbocycles. The molecule has 1 aliphatic carbocycles. The van der Waals surface area contributed by atoms with Gasteiger partial charge in [-0.1, -0.05) is 11.2 Å². The molecule has 0 radical (unpaired) electrons. The van der Waals surface area contributed by atoms with Gasteiger partial charge in [0.2, 0.25) is 10.0 Å². The Bertz CT molecular complexity index is 739. The van der Waals surface area contributed by atoms with Crippen molar-refractivity contribution in [2.45, 2.75) is 31.8 Å². The number of rotatable bonds is 3. The predicted octanol–water partition coefficient (Wildman–Crippen LogP) is 2.11. The summed E-state index contributed by atoms with van der Waals surface area (Å²) in [5.41, 5.74) is 0. The molecule has 2 aromatic rings. The van der Waals surface area contributed by atoms with Crippen molar-refractivity contribution in [2.24, 2.45) is 5.92 Å². The summed E-state index contributed by atoms with van der Waals surface area (Å²) in [6, 6.07) is 3.93. The van der Waals surface area contributed by atoms with Gasteiger partial charge in [-0.2, -0.15) is 9.29 Å². The lowest BCUT2D eigenvalue weighted by Crippen LogP contribution is -2.44. The molecule has 21 heavy (non-hydrogen) atoms. The van der Waals surface area contributed by atoms with Crippen LogP contribution in [0.15, 0.2) is 22.0 Å². The van der Waals surface area contributed by atoms with Crippen molar-refractivity contribution in [3.63, 3.8) is 0 Å². The lowest BCUT2D eigenvalue weighted by molar-refractivity contribution is 0.283. The number of fused-ring (bicyclic) bond motifs is 2. The minimum Gasteiger partial charge on any atom is -0.333 e. The third kappa shape index (κ3) is 2.41. The average Bonchev–Trinajstić information content (AvgIpc) is 3.15. The van der Waals surface area contributed by atoms with Crippen molar-refractivity contribution in [3.8, 4) is 10.8 Å². The Morgan fingerprint density at radius 2 is 2.33 bits per heavy atom. The van der Waals surface area contributed by atoms with E-state index in [4.69, 9.17) is 4.52 Å². The van der Waals surface area contributed by atoms with E-state index in [0.717, 1.165) is 24.1 Å². The molecule has 2 fully saturated rings. The Balaban J connectivity index is 1.58. The maximum absolute atomic E-state index is 12.3. The van der Waals surface area contributed by atoms with Gasteiger partial charge in [0.15, 0.2) is 5.82 Å². The second kappa shape index (κ2) is 4.89. The van der Waals surface area contributed by atoms with Crippen LogP contribution in [0.2, 0.25) is 0 Å². The molecule has 4 rings (SSSR count). The van der Waals surface area contributed by atoms with Crippen LogP contribution in [0, 0.1) is 5.92 Å². The van der Waals surface area contributed by atoms with Crippen LogP contribution >= 0.6 is 11.3 Å². The molecule has 0 spiro atoms. The molecule has 0 aromatic carbocycles. The summed E-state index contributed by atoms with van der Waals surface area (Å²) >= 11 is 1.52. The summed E-state index contributed by atoms with van der Waals surface area (Å²) in [7, 11) is -3.19. The van der Waals surface area contributed by atoms with Gasteiger partial charge in [0.05, 0.1) is 17.2 Å². The third-order valence-corrected chi connectivity index (χ3v) is 7.11. The van der Waals surface area contributed by atoms with Gasteiger partial charge < -0.3 is 4.52 Å². The molecule has 2 aromatic heterocycles. The van der Waals surface area contributed by atoms with E-state index < -0.39 is 10.0 Å². The first kappa shape index (κ1) is 13.4. The zero-order valence-electron chi connectivity index (χ0n) is 11.3. The normalized spacial score (nSPS) is 28.0. The number of hydrogen-bond acceptors (Lipinski definition) is 6. The fourth-order valence-corrected chi connectivity index (χ4v) is 5.96. The molecule has 1 aliphatic heterocycles. The Morgan fingerprint density at radius 3 is 3.14 bits per heavy atom. The Morgan fingerprint density at radius 1 is 1.43 bits per heavy atom. The Kier molecular flexibility index (Phi) is 3.13. The highest BCUT2D eigenvalue weighted by molar-refractivity contribution is 7.89. The third-order valence-electron chi connectivity index (χ3n) is 4.22. The van der Waals surface area contributed by atoms with E-state index >= 15 is 0 Å². The van der Waals surface area contributed by atoms with Crippen LogP contribution in [0.25, 0.3) is 10.8 Å². The molecule has 0 amide bonds. The van der Waals surface area contributed by atoms with Crippen molar-refractivity contribution >= 4 is 21.4 Å². The predicted molar refractivity (Wildman–Crippen MR) is 78.1 cm³/mol. The second-order valence-corrected chi connectivity index (χ2v) is 8.56. The van der Waals surface area contributed by atoms with Crippen LogP contribution in [0.3, 0.4) is 0 Å². The SMILES string of the molecule is O=S1(=O)C[C@@H]2CC[C@@H](C2)N1Cc1noc(-c2cccs2)n1. The summed E-state index contributed by atoms with van der Waals surface area (Å²) < 4.78 is 31.4.